The first-order chi connectivity index (χ1) is 13.2. The van der Waals surface area contributed by atoms with Crippen LogP contribution in [-0.2, 0) is 4.74 Å². The van der Waals surface area contributed by atoms with Crippen LogP contribution >= 0.6 is 0 Å². The Morgan fingerprint density at radius 2 is 2.07 bits per heavy atom. The Balaban J connectivity index is 1.65. The molecule has 1 fully saturated rings. The van der Waals surface area contributed by atoms with E-state index in [9.17, 15) is 4.79 Å². The quantitative estimate of drug-likeness (QED) is 0.683. The van der Waals surface area contributed by atoms with Gasteiger partial charge in [-0.1, -0.05) is 31.4 Å². The first-order valence-corrected chi connectivity index (χ1v) is 9.63. The number of carbonyl (C=O) groups is 1. The van der Waals surface area contributed by atoms with Gasteiger partial charge in [0.25, 0.3) is 0 Å². The minimum absolute atomic E-state index is 0.319. The van der Waals surface area contributed by atoms with Crippen molar-refractivity contribution in [1.82, 2.24) is 14.6 Å². The lowest BCUT2D eigenvalue weighted by molar-refractivity contribution is 0.0526. The van der Waals surface area contributed by atoms with Gasteiger partial charge in [-0.3, -0.25) is 0 Å². The summed E-state index contributed by atoms with van der Waals surface area (Å²) in [4.78, 5) is 16.5. The number of carbonyl (C=O) groups excluding carboxylic acids is 1. The van der Waals surface area contributed by atoms with Gasteiger partial charge < -0.3 is 10.1 Å². The molecule has 0 radical (unpaired) electrons. The highest BCUT2D eigenvalue weighted by Crippen LogP contribution is 2.24. The van der Waals surface area contributed by atoms with Gasteiger partial charge in [0.15, 0.2) is 5.65 Å². The number of nitrogens with zero attached hydrogens (tertiary/aromatic N) is 3. The van der Waals surface area contributed by atoms with Crippen LogP contribution in [0.2, 0.25) is 0 Å². The minimum atomic E-state index is -0.319. The molecule has 27 heavy (non-hydrogen) atoms. The average Bonchev–Trinajstić information content (AvgIpc) is 3.12. The molecule has 1 N–H and O–H groups in total. The molecular weight excluding hydrogens is 340 g/mol. The SMILES string of the molecule is CCOC(=O)c1cccc(-c2cnc3ccc(NC4CCCCC4)nn23)c1. The van der Waals surface area contributed by atoms with Crippen molar-refractivity contribution >= 4 is 17.4 Å². The van der Waals surface area contributed by atoms with Crippen LogP contribution in [0.5, 0.6) is 0 Å². The number of imidazole rings is 1. The topological polar surface area (TPSA) is 68.5 Å². The maximum Gasteiger partial charge on any atom is 0.338 e. The summed E-state index contributed by atoms with van der Waals surface area (Å²) in [6, 6.07) is 11.8. The Labute approximate surface area is 158 Å². The van der Waals surface area contributed by atoms with Crippen molar-refractivity contribution in [2.75, 3.05) is 11.9 Å². The van der Waals surface area contributed by atoms with E-state index in [0.29, 0.717) is 18.2 Å². The monoisotopic (exact) mass is 364 g/mol. The molecule has 0 spiro atoms. The summed E-state index contributed by atoms with van der Waals surface area (Å²) in [6.07, 6.45) is 8.05. The highest BCUT2D eigenvalue weighted by Gasteiger charge is 2.15. The van der Waals surface area contributed by atoms with Gasteiger partial charge in [-0.05, 0) is 44.0 Å². The van der Waals surface area contributed by atoms with Crippen LogP contribution in [-0.4, -0.2) is 33.2 Å². The summed E-state index contributed by atoms with van der Waals surface area (Å²) < 4.78 is 6.93. The smallest absolute Gasteiger partial charge is 0.338 e. The molecule has 1 aromatic carbocycles. The normalized spacial score (nSPS) is 15.0. The second-order valence-corrected chi connectivity index (χ2v) is 6.91. The van der Waals surface area contributed by atoms with E-state index in [1.807, 2.05) is 34.8 Å². The zero-order valence-electron chi connectivity index (χ0n) is 15.5. The number of hydrogen-bond donors (Lipinski definition) is 1. The van der Waals surface area contributed by atoms with Crippen LogP contribution in [0.25, 0.3) is 16.9 Å². The molecule has 140 valence electrons. The van der Waals surface area contributed by atoms with Crippen LogP contribution in [0.15, 0.2) is 42.6 Å². The molecule has 3 aromatic rings. The lowest BCUT2D eigenvalue weighted by Crippen LogP contribution is -2.23. The van der Waals surface area contributed by atoms with E-state index in [4.69, 9.17) is 9.84 Å². The first-order valence-electron chi connectivity index (χ1n) is 9.63. The van der Waals surface area contributed by atoms with Crippen molar-refractivity contribution in [3.05, 3.63) is 48.2 Å². The molecule has 1 aliphatic rings. The van der Waals surface area contributed by atoms with Gasteiger partial charge in [-0.15, -0.1) is 5.10 Å². The second-order valence-electron chi connectivity index (χ2n) is 6.91. The molecule has 2 aromatic heterocycles. The van der Waals surface area contributed by atoms with Gasteiger partial charge in [0.1, 0.15) is 5.82 Å². The van der Waals surface area contributed by atoms with Gasteiger partial charge in [0.2, 0.25) is 0 Å². The number of hydrogen-bond acceptors (Lipinski definition) is 5. The highest BCUT2D eigenvalue weighted by atomic mass is 16.5. The fraction of sp³-hybridized carbons (Fsp3) is 0.381. The third kappa shape index (κ3) is 3.79. The Morgan fingerprint density at radius 3 is 2.89 bits per heavy atom. The fourth-order valence-electron chi connectivity index (χ4n) is 3.62. The van der Waals surface area contributed by atoms with Gasteiger partial charge in [-0.2, -0.15) is 0 Å². The third-order valence-electron chi connectivity index (χ3n) is 4.99. The van der Waals surface area contributed by atoms with Gasteiger partial charge in [0, 0.05) is 11.6 Å². The predicted octanol–water partition coefficient (Wildman–Crippen LogP) is 4.32. The summed E-state index contributed by atoms with van der Waals surface area (Å²) in [6.45, 7) is 2.16. The number of ether oxygens (including phenoxy) is 1. The molecule has 0 atom stereocenters. The number of aromatic nitrogens is 3. The molecule has 6 heteroatoms. The summed E-state index contributed by atoms with van der Waals surface area (Å²) in [5.41, 5.74) is 3.04. The Kier molecular flexibility index (Phi) is 5.05. The second kappa shape index (κ2) is 7.78. The molecular formula is C21H24N4O2. The van der Waals surface area contributed by atoms with E-state index in [1.54, 1.807) is 19.2 Å². The van der Waals surface area contributed by atoms with Crippen LogP contribution in [0.3, 0.4) is 0 Å². The van der Waals surface area contributed by atoms with E-state index < -0.39 is 0 Å². The molecule has 0 unspecified atom stereocenters. The zero-order chi connectivity index (χ0) is 18.6. The number of nitrogens with one attached hydrogen (secondary N) is 1. The fourth-order valence-corrected chi connectivity index (χ4v) is 3.62. The van der Waals surface area contributed by atoms with E-state index in [-0.39, 0.29) is 5.97 Å². The molecule has 0 aliphatic heterocycles. The average molecular weight is 364 g/mol. The zero-order valence-corrected chi connectivity index (χ0v) is 15.5. The van der Waals surface area contributed by atoms with Crippen molar-refractivity contribution in [3.63, 3.8) is 0 Å². The number of anilines is 1. The highest BCUT2D eigenvalue weighted by molar-refractivity contribution is 5.91. The van der Waals surface area contributed by atoms with Crippen LogP contribution < -0.4 is 5.32 Å². The molecule has 6 nitrogen and oxygen atoms in total. The Bertz CT molecular complexity index is 944. The van der Waals surface area contributed by atoms with Gasteiger partial charge >= 0.3 is 5.97 Å². The summed E-state index contributed by atoms with van der Waals surface area (Å²) in [7, 11) is 0. The van der Waals surface area contributed by atoms with E-state index in [1.165, 1.54) is 32.1 Å². The summed E-state index contributed by atoms with van der Waals surface area (Å²) in [5.74, 6) is 0.538. The van der Waals surface area contributed by atoms with Crippen LogP contribution in [0.1, 0.15) is 49.4 Å². The maximum absolute atomic E-state index is 12.0. The first kappa shape index (κ1) is 17.5. The molecule has 4 rings (SSSR count). The number of fused-ring (bicyclic) bond motifs is 1. The van der Waals surface area contributed by atoms with E-state index in [0.717, 1.165) is 22.7 Å². The van der Waals surface area contributed by atoms with Gasteiger partial charge in [-0.25, -0.2) is 14.3 Å². The number of esters is 1. The summed E-state index contributed by atoms with van der Waals surface area (Å²) >= 11 is 0. The largest absolute Gasteiger partial charge is 0.462 e. The predicted molar refractivity (Wildman–Crippen MR) is 105 cm³/mol. The lowest BCUT2D eigenvalue weighted by atomic mass is 9.95. The molecule has 0 bridgehead atoms. The Morgan fingerprint density at radius 1 is 1.22 bits per heavy atom. The molecule has 2 heterocycles. The molecule has 0 amide bonds. The van der Waals surface area contributed by atoms with Crippen molar-refractivity contribution in [3.8, 4) is 11.3 Å². The number of benzene rings is 1. The van der Waals surface area contributed by atoms with Crippen LogP contribution in [0.4, 0.5) is 5.82 Å². The third-order valence-corrected chi connectivity index (χ3v) is 4.99. The maximum atomic E-state index is 12.0. The summed E-state index contributed by atoms with van der Waals surface area (Å²) in [5, 5.41) is 8.30. The van der Waals surface area contributed by atoms with Crippen molar-refractivity contribution in [2.45, 2.75) is 45.1 Å². The molecule has 1 aliphatic carbocycles. The minimum Gasteiger partial charge on any atom is -0.462 e. The van der Waals surface area contributed by atoms with E-state index in [2.05, 4.69) is 10.3 Å². The van der Waals surface area contributed by atoms with Crippen molar-refractivity contribution in [2.24, 2.45) is 0 Å². The standard InChI is InChI=1S/C21H24N4O2/c1-2-27-21(26)16-8-6-7-15(13-16)18-14-22-20-12-11-19(24-25(18)20)23-17-9-4-3-5-10-17/h6-8,11-14,17H,2-5,9-10H2,1H3,(H,23,24). The Hall–Kier alpha value is -2.89. The molecule has 1 saturated carbocycles. The van der Waals surface area contributed by atoms with Crippen LogP contribution in [0, 0.1) is 0 Å². The molecule has 0 saturated heterocycles. The van der Waals surface area contributed by atoms with Crippen molar-refractivity contribution in [1.29, 1.82) is 0 Å². The van der Waals surface area contributed by atoms with Gasteiger partial charge in [0.05, 0.1) is 24.1 Å². The lowest BCUT2D eigenvalue weighted by Gasteiger charge is -2.23. The number of rotatable bonds is 5. The van der Waals surface area contributed by atoms with E-state index >= 15 is 0 Å². The van der Waals surface area contributed by atoms with Crippen molar-refractivity contribution < 1.29 is 9.53 Å².